The van der Waals surface area contributed by atoms with Crippen molar-refractivity contribution in [2.24, 2.45) is 13.0 Å². The zero-order valence-electron chi connectivity index (χ0n) is 22.7. The van der Waals surface area contributed by atoms with Crippen molar-refractivity contribution in [2.45, 2.75) is 32.2 Å². The largest absolute Gasteiger partial charge is 0.323 e. The molecule has 2 unspecified atom stereocenters. The van der Waals surface area contributed by atoms with Crippen LogP contribution in [0.25, 0.3) is 33.6 Å². The zero-order valence-corrected chi connectivity index (χ0v) is 23.4. The van der Waals surface area contributed by atoms with Crippen LogP contribution in [-0.2, 0) is 11.8 Å². The molecule has 10 heteroatoms. The molecule has 5 aromatic rings. The monoisotopic (exact) mass is 565 g/mol. The molecule has 0 aliphatic carbocycles. The van der Waals surface area contributed by atoms with Gasteiger partial charge in [0.15, 0.2) is 0 Å². The molecule has 1 N–H and O–H groups in total. The molecule has 2 bridgehead atoms. The first kappa shape index (κ1) is 26.6. The highest BCUT2D eigenvalue weighted by molar-refractivity contribution is 6.31. The summed E-state index contributed by atoms with van der Waals surface area (Å²) in [5, 5.41) is 7.95. The minimum absolute atomic E-state index is 0.0558. The van der Waals surface area contributed by atoms with Gasteiger partial charge in [0, 0.05) is 59.3 Å². The fourth-order valence-electron chi connectivity index (χ4n) is 5.38. The van der Waals surface area contributed by atoms with Crippen LogP contribution in [0.3, 0.4) is 0 Å². The van der Waals surface area contributed by atoms with Crippen LogP contribution in [-0.4, -0.2) is 35.2 Å². The molecule has 5 heterocycles. The van der Waals surface area contributed by atoms with Crippen LogP contribution in [0.5, 0.6) is 0 Å². The van der Waals surface area contributed by atoms with E-state index in [9.17, 15) is 9.59 Å². The molecule has 0 fully saturated rings. The smallest absolute Gasteiger partial charge is 0.254 e. The van der Waals surface area contributed by atoms with Gasteiger partial charge in [0.2, 0.25) is 5.91 Å². The van der Waals surface area contributed by atoms with Gasteiger partial charge in [-0.25, -0.2) is 4.98 Å². The molecule has 4 aromatic heterocycles. The van der Waals surface area contributed by atoms with Crippen molar-refractivity contribution in [2.75, 3.05) is 5.32 Å². The Morgan fingerprint density at radius 2 is 1.83 bits per heavy atom. The van der Waals surface area contributed by atoms with Crippen LogP contribution in [0.15, 0.2) is 84.4 Å². The summed E-state index contributed by atoms with van der Waals surface area (Å²) in [7, 11) is 1.83. The van der Waals surface area contributed by atoms with E-state index in [0.717, 1.165) is 40.1 Å². The number of nitrogens with zero attached hydrogens (tertiary/aromatic N) is 6. The maximum Gasteiger partial charge on any atom is 0.254 e. The highest BCUT2D eigenvalue weighted by Crippen LogP contribution is 2.34. The Bertz CT molecular complexity index is 1800. The lowest BCUT2D eigenvalue weighted by Gasteiger charge is -2.22. The Kier molecular flexibility index (Phi) is 7.19. The number of carbonyl (C=O) groups excluding carboxylic acids is 1. The van der Waals surface area contributed by atoms with E-state index in [0.29, 0.717) is 29.2 Å². The van der Waals surface area contributed by atoms with Gasteiger partial charge in [0.05, 0.1) is 41.3 Å². The van der Waals surface area contributed by atoms with Crippen molar-refractivity contribution in [3.63, 3.8) is 0 Å². The number of halogens is 1. The van der Waals surface area contributed by atoms with E-state index < -0.39 is 0 Å². The van der Waals surface area contributed by atoms with E-state index in [1.54, 1.807) is 46.4 Å². The first-order valence-electron chi connectivity index (χ1n) is 13.5. The normalized spacial score (nSPS) is 17.2. The standard InChI is InChI=1S/C31H28ClN7O2/c1-19-5-3-7-28(26-13-20(10-12-34-26)30-27(37-31(19)41)17-36-38(30)2)39-18-35-25(15-29(39)40)24-14-22(32)8-9-23(24)21-6-4-11-33-16-21/h4,6,8-19,28H,3,5,7H2,1-2H3,(H,37,41). The third-order valence-electron chi connectivity index (χ3n) is 7.56. The number of anilines is 1. The van der Waals surface area contributed by atoms with Gasteiger partial charge in [-0.05, 0) is 48.7 Å². The van der Waals surface area contributed by atoms with Crippen LogP contribution < -0.4 is 10.9 Å². The fraction of sp³-hybridized carbons (Fsp3) is 0.226. The highest BCUT2D eigenvalue weighted by Gasteiger charge is 2.24. The minimum atomic E-state index is -0.368. The zero-order chi connectivity index (χ0) is 28.5. The molecule has 0 saturated heterocycles. The van der Waals surface area contributed by atoms with E-state index in [1.165, 1.54) is 0 Å². The van der Waals surface area contributed by atoms with Crippen LogP contribution in [0, 0.1) is 5.92 Å². The predicted molar refractivity (Wildman–Crippen MR) is 158 cm³/mol. The SMILES string of the molecule is CC1CCCC(n2cnc(-c3cc(Cl)ccc3-c3cccnc3)cc2=O)c2cc(ccn2)-c2c(cnn2C)NC1=O. The second-order valence-corrected chi connectivity index (χ2v) is 10.7. The van der Waals surface area contributed by atoms with Gasteiger partial charge in [0.1, 0.15) is 0 Å². The molecule has 1 amide bonds. The minimum Gasteiger partial charge on any atom is -0.323 e. The van der Waals surface area contributed by atoms with E-state index >= 15 is 0 Å². The number of hydrogen-bond donors (Lipinski definition) is 1. The van der Waals surface area contributed by atoms with Crippen LogP contribution in [0.2, 0.25) is 5.02 Å². The van der Waals surface area contributed by atoms with Gasteiger partial charge in [-0.15, -0.1) is 0 Å². The van der Waals surface area contributed by atoms with Crippen LogP contribution in [0.1, 0.15) is 37.9 Å². The fourth-order valence-corrected chi connectivity index (χ4v) is 5.55. The molecule has 1 aromatic carbocycles. The van der Waals surface area contributed by atoms with Gasteiger partial charge < -0.3 is 5.32 Å². The van der Waals surface area contributed by atoms with E-state index in [4.69, 9.17) is 16.6 Å². The second-order valence-electron chi connectivity index (χ2n) is 10.3. The molecule has 6 rings (SSSR count). The summed E-state index contributed by atoms with van der Waals surface area (Å²) >= 11 is 6.36. The van der Waals surface area contributed by atoms with Crippen molar-refractivity contribution in [3.8, 4) is 33.6 Å². The number of aromatic nitrogens is 6. The number of aryl methyl sites for hydroxylation is 1. The van der Waals surface area contributed by atoms with Crippen molar-refractivity contribution in [3.05, 3.63) is 101 Å². The number of hydrogen-bond acceptors (Lipinski definition) is 6. The molecular weight excluding hydrogens is 538 g/mol. The number of pyridine rings is 2. The van der Waals surface area contributed by atoms with Crippen LogP contribution in [0.4, 0.5) is 5.69 Å². The number of benzene rings is 1. The van der Waals surface area contributed by atoms with E-state index in [2.05, 4.69) is 20.4 Å². The molecule has 2 atom stereocenters. The van der Waals surface area contributed by atoms with Gasteiger partial charge >= 0.3 is 0 Å². The molecule has 1 aliphatic heterocycles. The molecule has 0 spiro atoms. The van der Waals surface area contributed by atoms with Gasteiger partial charge in [-0.1, -0.05) is 37.1 Å². The van der Waals surface area contributed by atoms with Gasteiger partial charge in [0.25, 0.3) is 5.56 Å². The summed E-state index contributed by atoms with van der Waals surface area (Å²) in [5.41, 5.74) is 5.86. The van der Waals surface area contributed by atoms with Crippen molar-refractivity contribution >= 4 is 23.2 Å². The Balaban J connectivity index is 1.44. The van der Waals surface area contributed by atoms with Gasteiger partial charge in [-0.2, -0.15) is 5.10 Å². The maximum atomic E-state index is 13.7. The third kappa shape index (κ3) is 5.28. The number of nitrogens with one attached hydrogen (secondary N) is 1. The summed E-state index contributed by atoms with van der Waals surface area (Å²) in [5.74, 6) is -0.264. The quantitative estimate of drug-likeness (QED) is 0.297. The predicted octanol–water partition coefficient (Wildman–Crippen LogP) is 5.77. The number of carbonyl (C=O) groups is 1. The van der Waals surface area contributed by atoms with E-state index in [1.807, 2.05) is 56.4 Å². The van der Waals surface area contributed by atoms with Crippen molar-refractivity contribution < 1.29 is 4.79 Å². The Labute approximate surface area is 241 Å². The Hall–Kier alpha value is -4.63. The molecule has 0 saturated carbocycles. The summed E-state index contributed by atoms with van der Waals surface area (Å²) in [4.78, 5) is 40.3. The molecule has 0 radical (unpaired) electrons. The number of rotatable bonds is 3. The topological polar surface area (TPSA) is 108 Å². The first-order valence-corrected chi connectivity index (χ1v) is 13.8. The summed E-state index contributed by atoms with van der Waals surface area (Å²) in [6, 6.07) is 14.4. The van der Waals surface area contributed by atoms with Crippen molar-refractivity contribution in [1.82, 2.24) is 29.3 Å². The lowest BCUT2D eigenvalue weighted by atomic mass is 9.96. The molecule has 1 aliphatic rings. The maximum absolute atomic E-state index is 13.7. The number of fused-ring (bicyclic) bond motifs is 4. The summed E-state index contributed by atoms with van der Waals surface area (Å²) < 4.78 is 3.36. The van der Waals surface area contributed by atoms with E-state index in [-0.39, 0.29) is 23.4 Å². The highest BCUT2D eigenvalue weighted by atomic mass is 35.5. The third-order valence-corrected chi connectivity index (χ3v) is 7.79. The average molecular weight is 566 g/mol. The Morgan fingerprint density at radius 3 is 2.63 bits per heavy atom. The molecule has 206 valence electrons. The van der Waals surface area contributed by atoms with Gasteiger partial charge in [-0.3, -0.25) is 28.8 Å². The average Bonchev–Trinajstić information content (AvgIpc) is 3.34. The first-order chi connectivity index (χ1) is 19.9. The lowest BCUT2D eigenvalue weighted by molar-refractivity contribution is -0.119. The van der Waals surface area contributed by atoms with Crippen molar-refractivity contribution in [1.29, 1.82) is 0 Å². The summed E-state index contributed by atoms with van der Waals surface area (Å²) in [6.07, 6.45) is 10.5. The second kappa shape index (κ2) is 11.1. The number of amides is 1. The lowest BCUT2D eigenvalue weighted by Crippen LogP contribution is -2.27. The summed E-state index contributed by atoms with van der Waals surface area (Å²) in [6.45, 7) is 1.91. The molecule has 9 nitrogen and oxygen atoms in total. The molecule has 41 heavy (non-hydrogen) atoms. The Morgan fingerprint density at radius 1 is 0.951 bits per heavy atom. The molecular formula is C31H28ClN7O2. The van der Waals surface area contributed by atoms with Crippen LogP contribution >= 0.6 is 11.6 Å².